The van der Waals surface area contributed by atoms with Gasteiger partial charge in [0.05, 0.1) is 0 Å². The van der Waals surface area contributed by atoms with Crippen molar-refractivity contribution in [2.75, 3.05) is 0 Å². The highest BCUT2D eigenvalue weighted by molar-refractivity contribution is 5.31. The zero-order chi connectivity index (χ0) is 13.6. The van der Waals surface area contributed by atoms with Gasteiger partial charge < -0.3 is 4.74 Å². The number of hydrogen-bond acceptors (Lipinski definition) is 2. The monoisotopic (exact) mass is 257 g/mol. The van der Waals surface area contributed by atoms with E-state index in [9.17, 15) is 4.39 Å². The van der Waals surface area contributed by atoms with Gasteiger partial charge in [0.1, 0.15) is 5.75 Å². The van der Waals surface area contributed by atoms with Crippen molar-refractivity contribution in [3.63, 3.8) is 0 Å². The molecular formula is C16H16FNO. The summed E-state index contributed by atoms with van der Waals surface area (Å²) in [5.41, 5.74) is -0.541. The molecule has 0 N–H and O–H groups in total. The quantitative estimate of drug-likeness (QED) is 0.610. The number of nitrogens with zero attached hydrogens (tertiary/aromatic N) is 1. The fourth-order valence-electron chi connectivity index (χ4n) is 2.26. The van der Waals surface area contributed by atoms with Crippen molar-refractivity contribution in [1.29, 1.82) is 5.26 Å². The number of alkyl halides is 1. The smallest absolute Gasteiger partial charge is 0.292 e. The zero-order valence-electron chi connectivity index (χ0n) is 10.8. The molecule has 0 aliphatic heterocycles. The summed E-state index contributed by atoms with van der Waals surface area (Å²) in [6.07, 6.45) is 6.21. The van der Waals surface area contributed by atoms with Crippen LogP contribution in [-0.4, -0.2) is 5.67 Å². The molecule has 1 aliphatic carbocycles. The van der Waals surface area contributed by atoms with Crippen LogP contribution in [0.4, 0.5) is 4.39 Å². The van der Waals surface area contributed by atoms with Crippen molar-refractivity contribution in [3.05, 3.63) is 29.8 Å². The van der Waals surface area contributed by atoms with Crippen LogP contribution in [0.1, 0.15) is 37.7 Å². The predicted molar refractivity (Wildman–Crippen MR) is 71.1 cm³/mol. The molecule has 2 rings (SSSR count). The Balaban J connectivity index is 2.08. The lowest BCUT2D eigenvalue weighted by Crippen LogP contribution is -2.24. The summed E-state index contributed by atoms with van der Waals surface area (Å²) in [4.78, 5) is 0. The summed E-state index contributed by atoms with van der Waals surface area (Å²) < 4.78 is 19.4. The van der Waals surface area contributed by atoms with Gasteiger partial charge in [0, 0.05) is 12.8 Å². The first kappa shape index (κ1) is 13.4. The third kappa shape index (κ3) is 4.00. The van der Waals surface area contributed by atoms with Gasteiger partial charge in [-0.25, -0.2) is 4.39 Å². The van der Waals surface area contributed by atoms with E-state index >= 15 is 0 Å². The molecule has 1 aliphatic rings. The van der Waals surface area contributed by atoms with Crippen LogP contribution in [0, 0.1) is 23.4 Å². The van der Waals surface area contributed by atoms with Crippen molar-refractivity contribution in [2.24, 2.45) is 0 Å². The van der Waals surface area contributed by atoms with Crippen LogP contribution in [0.5, 0.6) is 5.75 Å². The van der Waals surface area contributed by atoms with Crippen molar-refractivity contribution >= 4 is 0 Å². The SMILES string of the molecule is N#COc1ccc(CC2(F)C#CCCCCC2)cc1. The molecule has 0 bridgehead atoms. The summed E-state index contributed by atoms with van der Waals surface area (Å²) in [5, 5.41) is 8.40. The number of halogens is 1. The molecule has 0 saturated carbocycles. The molecule has 0 spiro atoms. The third-order valence-corrected chi connectivity index (χ3v) is 3.26. The molecular weight excluding hydrogens is 241 g/mol. The summed E-state index contributed by atoms with van der Waals surface area (Å²) in [7, 11) is 0. The first-order valence-electron chi connectivity index (χ1n) is 6.56. The minimum Gasteiger partial charge on any atom is -0.388 e. The van der Waals surface area contributed by atoms with Crippen LogP contribution in [0.25, 0.3) is 0 Å². The molecule has 0 amide bonds. The Morgan fingerprint density at radius 2 is 2.05 bits per heavy atom. The van der Waals surface area contributed by atoms with Crippen LogP contribution >= 0.6 is 0 Å². The highest BCUT2D eigenvalue weighted by atomic mass is 19.1. The molecule has 0 aromatic heterocycles. The van der Waals surface area contributed by atoms with E-state index in [0.29, 0.717) is 18.6 Å². The summed E-state index contributed by atoms with van der Waals surface area (Å²) >= 11 is 0. The molecule has 1 atom stereocenters. The molecule has 0 fully saturated rings. The highest BCUT2D eigenvalue weighted by Gasteiger charge is 2.27. The standard InChI is InChI=1S/C16H16FNO/c17-16(10-4-2-1-3-5-11-16)12-14-6-8-15(9-7-14)19-13-18/h6-9H,1-4,10,12H2. The molecule has 3 heteroatoms. The van der Waals surface area contributed by atoms with Gasteiger partial charge in [0.25, 0.3) is 6.26 Å². The van der Waals surface area contributed by atoms with E-state index in [0.717, 1.165) is 31.2 Å². The van der Waals surface area contributed by atoms with E-state index in [1.165, 1.54) is 0 Å². The van der Waals surface area contributed by atoms with Gasteiger partial charge in [-0.3, -0.25) is 0 Å². The second kappa shape index (κ2) is 6.25. The maximum atomic E-state index is 14.7. The molecule has 1 unspecified atom stereocenters. The Morgan fingerprint density at radius 1 is 1.26 bits per heavy atom. The first-order valence-corrected chi connectivity index (χ1v) is 6.56. The fraction of sp³-hybridized carbons (Fsp3) is 0.438. The van der Waals surface area contributed by atoms with Crippen LogP contribution in [0.3, 0.4) is 0 Å². The van der Waals surface area contributed by atoms with Gasteiger partial charge >= 0.3 is 0 Å². The van der Waals surface area contributed by atoms with Gasteiger partial charge in [-0.2, -0.15) is 0 Å². The van der Waals surface area contributed by atoms with E-state index in [-0.39, 0.29) is 0 Å². The van der Waals surface area contributed by atoms with Gasteiger partial charge in [0.15, 0.2) is 5.67 Å². The Kier molecular flexibility index (Phi) is 4.42. The van der Waals surface area contributed by atoms with Crippen LogP contribution in [0.15, 0.2) is 24.3 Å². The second-order valence-corrected chi connectivity index (χ2v) is 4.84. The maximum Gasteiger partial charge on any atom is 0.292 e. The number of nitriles is 1. The number of benzene rings is 1. The zero-order valence-corrected chi connectivity index (χ0v) is 10.8. The Morgan fingerprint density at radius 3 is 2.79 bits per heavy atom. The van der Waals surface area contributed by atoms with Gasteiger partial charge in [-0.1, -0.05) is 30.4 Å². The van der Waals surface area contributed by atoms with Crippen molar-refractivity contribution in [3.8, 4) is 23.8 Å². The summed E-state index contributed by atoms with van der Waals surface area (Å²) in [6, 6.07) is 6.93. The molecule has 0 heterocycles. The van der Waals surface area contributed by atoms with Crippen molar-refractivity contribution < 1.29 is 9.13 Å². The molecule has 98 valence electrons. The van der Waals surface area contributed by atoms with Crippen molar-refractivity contribution in [2.45, 2.75) is 44.2 Å². The highest BCUT2D eigenvalue weighted by Crippen LogP contribution is 2.27. The summed E-state index contributed by atoms with van der Waals surface area (Å²) in [6.45, 7) is 0. The summed E-state index contributed by atoms with van der Waals surface area (Å²) in [5.74, 6) is 6.20. The average molecular weight is 257 g/mol. The maximum absolute atomic E-state index is 14.7. The molecule has 2 nitrogen and oxygen atoms in total. The minimum atomic E-state index is -1.42. The van der Waals surface area contributed by atoms with E-state index in [1.54, 1.807) is 30.5 Å². The van der Waals surface area contributed by atoms with E-state index in [2.05, 4.69) is 11.8 Å². The number of hydrogen-bond donors (Lipinski definition) is 0. The normalized spacial score (nSPS) is 22.3. The topological polar surface area (TPSA) is 33.0 Å². The first-order chi connectivity index (χ1) is 9.22. The van der Waals surface area contributed by atoms with E-state index in [1.807, 2.05) is 0 Å². The molecule has 19 heavy (non-hydrogen) atoms. The van der Waals surface area contributed by atoms with Gasteiger partial charge in [-0.05, 0) is 37.0 Å². The van der Waals surface area contributed by atoms with Crippen LogP contribution in [-0.2, 0) is 6.42 Å². The van der Waals surface area contributed by atoms with E-state index < -0.39 is 5.67 Å². The van der Waals surface area contributed by atoms with Crippen molar-refractivity contribution in [1.82, 2.24) is 0 Å². The Labute approximate surface area is 113 Å². The molecule has 0 saturated heterocycles. The lowest BCUT2D eigenvalue weighted by Gasteiger charge is -2.20. The largest absolute Gasteiger partial charge is 0.388 e. The Hall–Kier alpha value is -2.00. The number of ether oxygens (including phenoxy) is 1. The Bertz CT molecular complexity index is 520. The molecule has 1 aromatic carbocycles. The van der Waals surface area contributed by atoms with Crippen LogP contribution in [0.2, 0.25) is 0 Å². The van der Waals surface area contributed by atoms with Gasteiger partial charge in [0.2, 0.25) is 0 Å². The predicted octanol–water partition coefficient (Wildman–Crippen LogP) is 3.76. The van der Waals surface area contributed by atoms with Crippen LogP contribution < -0.4 is 4.74 Å². The fourth-order valence-corrected chi connectivity index (χ4v) is 2.26. The lowest BCUT2D eigenvalue weighted by molar-refractivity contribution is 0.217. The second-order valence-electron chi connectivity index (χ2n) is 4.84. The van der Waals surface area contributed by atoms with E-state index in [4.69, 9.17) is 10.00 Å². The lowest BCUT2D eigenvalue weighted by atomic mass is 9.89. The minimum absolute atomic E-state index is 0.298. The van der Waals surface area contributed by atoms with Gasteiger partial charge in [-0.15, -0.1) is 5.26 Å². The molecule has 1 aromatic rings. The number of rotatable bonds is 3. The molecule has 0 radical (unpaired) electrons. The third-order valence-electron chi connectivity index (χ3n) is 3.26. The average Bonchev–Trinajstić information content (AvgIpc) is 2.38.